The predicted molar refractivity (Wildman–Crippen MR) is 109 cm³/mol. The molecule has 4 nitrogen and oxygen atoms in total. The van der Waals surface area contributed by atoms with Gasteiger partial charge in [-0.2, -0.15) is 0 Å². The molecule has 27 heavy (non-hydrogen) atoms. The highest BCUT2D eigenvalue weighted by Crippen LogP contribution is 2.22. The van der Waals surface area contributed by atoms with Crippen molar-refractivity contribution in [3.05, 3.63) is 102 Å². The fourth-order valence-corrected chi connectivity index (χ4v) is 2.94. The summed E-state index contributed by atoms with van der Waals surface area (Å²) in [6, 6.07) is 27.3. The van der Waals surface area contributed by atoms with Crippen LogP contribution in [0.3, 0.4) is 0 Å². The van der Waals surface area contributed by atoms with E-state index in [0.717, 1.165) is 27.8 Å². The Morgan fingerprint density at radius 2 is 1.67 bits per heavy atom. The molecule has 0 saturated carbocycles. The monoisotopic (exact) mass is 353 g/mol. The second-order valence-corrected chi connectivity index (χ2v) is 6.28. The molecule has 4 heteroatoms. The van der Waals surface area contributed by atoms with E-state index in [-0.39, 0.29) is 5.91 Å². The van der Waals surface area contributed by atoms with Gasteiger partial charge in [0.05, 0.1) is 5.52 Å². The molecule has 2 N–H and O–H groups in total. The fourth-order valence-electron chi connectivity index (χ4n) is 2.94. The predicted octanol–water partition coefficient (Wildman–Crippen LogP) is 4.91. The van der Waals surface area contributed by atoms with Gasteiger partial charge in [-0.3, -0.25) is 9.78 Å². The summed E-state index contributed by atoms with van der Waals surface area (Å²) in [6.45, 7) is 0.509. The molecule has 1 aromatic heterocycles. The van der Waals surface area contributed by atoms with Gasteiger partial charge in [0.15, 0.2) is 0 Å². The van der Waals surface area contributed by atoms with Crippen molar-refractivity contribution in [2.24, 2.45) is 0 Å². The highest BCUT2D eigenvalue weighted by Gasteiger charge is 2.06. The number of fused-ring (bicyclic) bond motifs is 1. The number of amides is 1. The summed E-state index contributed by atoms with van der Waals surface area (Å²) >= 11 is 0. The summed E-state index contributed by atoms with van der Waals surface area (Å²) < 4.78 is 0. The molecule has 0 radical (unpaired) electrons. The first-order valence-corrected chi connectivity index (χ1v) is 8.82. The van der Waals surface area contributed by atoms with Crippen LogP contribution in [0, 0.1) is 0 Å². The molecule has 0 fully saturated rings. The van der Waals surface area contributed by atoms with Gasteiger partial charge >= 0.3 is 0 Å². The lowest BCUT2D eigenvalue weighted by molar-refractivity contribution is 0.0951. The second-order valence-electron chi connectivity index (χ2n) is 6.28. The minimum atomic E-state index is -0.0924. The molecule has 0 saturated heterocycles. The molecular formula is C23H19N3O. The minimum Gasteiger partial charge on any atom is -0.355 e. The van der Waals surface area contributed by atoms with Crippen LogP contribution < -0.4 is 10.6 Å². The number of carbonyl (C=O) groups excluding carboxylic acids is 1. The van der Waals surface area contributed by atoms with Gasteiger partial charge in [-0.15, -0.1) is 0 Å². The standard InChI is InChI=1S/C23H19N3O/c27-23(25-16-17-6-2-1-3-7-17)19-8-4-10-20(15-19)26-21-11-12-22-18(14-21)9-5-13-24-22/h1-15,26H,16H2,(H,25,27). The zero-order chi connectivity index (χ0) is 18.5. The smallest absolute Gasteiger partial charge is 0.251 e. The summed E-state index contributed by atoms with van der Waals surface area (Å²) in [6.07, 6.45) is 1.78. The van der Waals surface area contributed by atoms with Crippen LogP contribution >= 0.6 is 0 Å². The quantitative estimate of drug-likeness (QED) is 0.536. The molecule has 0 bridgehead atoms. The number of anilines is 2. The highest BCUT2D eigenvalue weighted by molar-refractivity contribution is 5.95. The Hall–Kier alpha value is -3.66. The number of nitrogens with one attached hydrogen (secondary N) is 2. The Kier molecular flexibility index (Phi) is 4.79. The number of rotatable bonds is 5. The van der Waals surface area contributed by atoms with E-state index in [4.69, 9.17) is 0 Å². The zero-order valence-electron chi connectivity index (χ0n) is 14.7. The maximum atomic E-state index is 12.5. The molecule has 1 heterocycles. The van der Waals surface area contributed by atoms with Gasteiger partial charge in [-0.1, -0.05) is 42.5 Å². The van der Waals surface area contributed by atoms with Gasteiger partial charge in [-0.25, -0.2) is 0 Å². The molecule has 0 unspecified atom stereocenters. The number of pyridine rings is 1. The summed E-state index contributed by atoms with van der Waals surface area (Å²) in [5.41, 5.74) is 4.48. The normalized spacial score (nSPS) is 10.5. The highest BCUT2D eigenvalue weighted by atomic mass is 16.1. The Bertz CT molecular complexity index is 1080. The third-order valence-corrected chi connectivity index (χ3v) is 4.31. The lowest BCUT2D eigenvalue weighted by Crippen LogP contribution is -2.22. The largest absolute Gasteiger partial charge is 0.355 e. The van der Waals surface area contributed by atoms with Gasteiger partial charge in [0.2, 0.25) is 0 Å². The first kappa shape index (κ1) is 16.8. The Labute approximate surface area is 157 Å². The van der Waals surface area contributed by atoms with Crippen molar-refractivity contribution in [3.8, 4) is 0 Å². The topological polar surface area (TPSA) is 54.0 Å². The molecule has 0 aliphatic rings. The van der Waals surface area contributed by atoms with Gasteiger partial charge in [0.25, 0.3) is 5.91 Å². The summed E-state index contributed by atoms with van der Waals surface area (Å²) in [7, 11) is 0. The second kappa shape index (κ2) is 7.70. The minimum absolute atomic E-state index is 0.0924. The van der Waals surface area contributed by atoms with Crippen LogP contribution in [-0.4, -0.2) is 10.9 Å². The Morgan fingerprint density at radius 1 is 0.815 bits per heavy atom. The van der Waals surface area contributed by atoms with Crippen LogP contribution in [0.2, 0.25) is 0 Å². The molecule has 4 aromatic rings. The van der Waals surface area contributed by atoms with E-state index < -0.39 is 0 Å². The van der Waals surface area contributed by atoms with E-state index in [1.807, 2.05) is 84.9 Å². The van der Waals surface area contributed by atoms with Crippen LogP contribution in [0.25, 0.3) is 10.9 Å². The van der Waals surface area contributed by atoms with Crippen LogP contribution in [0.15, 0.2) is 91.1 Å². The van der Waals surface area contributed by atoms with Crippen molar-refractivity contribution in [1.82, 2.24) is 10.3 Å². The van der Waals surface area contributed by atoms with Crippen molar-refractivity contribution in [2.75, 3.05) is 5.32 Å². The van der Waals surface area contributed by atoms with Crippen molar-refractivity contribution in [1.29, 1.82) is 0 Å². The molecule has 132 valence electrons. The molecule has 0 aliphatic heterocycles. The van der Waals surface area contributed by atoms with Gasteiger partial charge in [0, 0.05) is 35.1 Å². The lowest BCUT2D eigenvalue weighted by atomic mass is 10.1. The number of aromatic nitrogens is 1. The van der Waals surface area contributed by atoms with Crippen LogP contribution in [-0.2, 0) is 6.54 Å². The molecular weight excluding hydrogens is 334 g/mol. The molecule has 4 rings (SSSR count). The van der Waals surface area contributed by atoms with Crippen LogP contribution in [0.5, 0.6) is 0 Å². The zero-order valence-corrected chi connectivity index (χ0v) is 14.7. The average molecular weight is 353 g/mol. The fraction of sp³-hybridized carbons (Fsp3) is 0.0435. The van der Waals surface area contributed by atoms with Gasteiger partial charge < -0.3 is 10.6 Å². The molecule has 3 aromatic carbocycles. The number of nitrogens with zero attached hydrogens (tertiary/aromatic N) is 1. The summed E-state index contributed by atoms with van der Waals surface area (Å²) in [5.74, 6) is -0.0924. The number of hydrogen-bond acceptors (Lipinski definition) is 3. The number of carbonyl (C=O) groups is 1. The first-order chi connectivity index (χ1) is 13.3. The number of hydrogen-bond donors (Lipinski definition) is 2. The maximum absolute atomic E-state index is 12.5. The first-order valence-electron chi connectivity index (χ1n) is 8.82. The van der Waals surface area contributed by atoms with Crippen molar-refractivity contribution < 1.29 is 4.79 Å². The third-order valence-electron chi connectivity index (χ3n) is 4.31. The van der Waals surface area contributed by atoms with E-state index in [0.29, 0.717) is 12.1 Å². The lowest BCUT2D eigenvalue weighted by Gasteiger charge is -2.10. The average Bonchev–Trinajstić information content (AvgIpc) is 2.73. The van der Waals surface area contributed by atoms with Crippen molar-refractivity contribution in [3.63, 3.8) is 0 Å². The van der Waals surface area contributed by atoms with E-state index in [2.05, 4.69) is 15.6 Å². The molecule has 0 spiro atoms. The summed E-state index contributed by atoms with van der Waals surface area (Å²) in [4.78, 5) is 16.8. The van der Waals surface area contributed by atoms with Crippen LogP contribution in [0.1, 0.15) is 15.9 Å². The molecule has 0 aliphatic carbocycles. The maximum Gasteiger partial charge on any atom is 0.251 e. The van der Waals surface area contributed by atoms with E-state index in [1.54, 1.807) is 6.20 Å². The van der Waals surface area contributed by atoms with Crippen molar-refractivity contribution in [2.45, 2.75) is 6.54 Å². The van der Waals surface area contributed by atoms with Crippen molar-refractivity contribution >= 4 is 28.2 Å². The number of benzene rings is 3. The van der Waals surface area contributed by atoms with E-state index in [1.165, 1.54) is 0 Å². The van der Waals surface area contributed by atoms with Crippen LogP contribution in [0.4, 0.5) is 11.4 Å². The SMILES string of the molecule is O=C(NCc1ccccc1)c1cccc(Nc2ccc3ncccc3c2)c1. The third kappa shape index (κ3) is 4.12. The van der Waals surface area contributed by atoms with Gasteiger partial charge in [-0.05, 0) is 48.0 Å². The molecule has 1 amide bonds. The van der Waals surface area contributed by atoms with Gasteiger partial charge in [0.1, 0.15) is 0 Å². The Balaban J connectivity index is 1.47. The summed E-state index contributed by atoms with van der Waals surface area (Å²) in [5, 5.41) is 7.38. The van der Waals surface area contributed by atoms with E-state index >= 15 is 0 Å². The van der Waals surface area contributed by atoms with E-state index in [9.17, 15) is 4.79 Å². The Morgan fingerprint density at radius 3 is 2.56 bits per heavy atom. The molecule has 0 atom stereocenters.